The number of allylic oxidation sites excluding steroid dienone is 4. The van der Waals surface area contributed by atoms with E-state index in [1.54, 1.807) is 0 Å². The third-order valence-corrected chi connectivity index (χ3v) is 1.90. The summed E-state index contributed by atoms with van der Waals surface area (Å²) < 4.78 is 0. The zero-order valence-electron chi connectivity index (χ0n) is 7.54. The Hall–Kier alpha value is -1.18. The van der Waals surface area contributed by atoms with Crippen molar-refractivity contribution in [3.63, 3.8) is 0 Å². The molecule has 1 rings (SSSR count). The van der Waals surface area contributed by atoms with Crippen LogP contribution >= 0.6 is 0 Å². The summed E-state index contributed by atoms with van der Waals surface area (Å²) in [5.74, 6) is 0. The predicted molar refractivity (Wildman–Crippen MR) is 53.4 cm³/mol. The molecule has 0 unspecified atom stereocenters. The molecule has 0 aromatic rings. The number of nitrogens with zero attached hydrogens (tertiary/aromatic N) is 1. The van der Waals surface area contributed by atoms with E-state index in [1.165, 1.54) is 0 Å². The van der Waals surface area contributed by atoms with Gasteiger partial charge in [-0.25, -0.2) is 0 Å². The van der Waals surface area contributed by atoms with Crippen molar-refractivity contribution < 1.29 is 0 Å². The number of hydrogen-bond donors (Lipinski definition) is 0. The molecule has 1 heterocycles. The quantitative estimate of drug-likeness (QED) is 0.528. The maximum Gasteiger partial charge on any atom is 0.138 e. The molecule has 0 bridgehead atoms. The van der Waals surface area contributed by atoms with E-state index in [0.29, 0.717) is 5.60 Å². The molecule has 1 nitrogen and oxygen atoms in total. The highest BCUT2D eigenvalue weighted by atomic mass is 15.1. The second-order valence-electron chi connectivity index (χ2n) is 2.72. The van der Waals surface area contributed by atoms with E-state index in [4.69, 9.17) is 7.85 Å². The van der Waals surface area contributed by atoms with Gasteiger partial charge in [-0.1, -0.05) is 18.7 Å². The van der Waals surface area contributed by atoms with Crippen LogP contribution in [0.5, 0.6) is 0 Å². The van der Waals surface area contributed by atoms with Crippen LogP contribution in [0.1, 0.15) is 13.8 Å². The summed E-state index contributed by atoms with van der Waals surface area (Å²) in [6, 6.07) is 0. The van der Waals surface area contributed by atoms with Crippen LogP contribution in [-0.4, -0.2) is 12.7 Å². The van der Waals surface area contributed by atoms with Gasteiger partial charge in [0.15, 0.2) is 0 Å². The van der Waals surface area contributed by atoms with Gasteiger partial charge in [-0.05, 0) is 31.1 Å². The van der Waals surface area contributed by atoms with E-state index < -0.39 is 0 Å². The number of hydrogen-bond acceptors (Lipinski definition) is 1. The average molecular weight is 157 g/mol. The van der Waals surface area contributed by atoms with E-state index in [0.717, 1.165) is 11.3 Å². The van der Waals surface area contributed by atoms with Gasteiger partial charge < -0.3 is 4.90 Å². The first-order valence-corrected chi connectivity index (χ1v) is 3.92. The Morgan fingerprint density at radius 3 is 2.92 bits per heavy atom. The second-order valence-corrected chi connectivity index (χ2v) is 2.72. The van der Waals surface area contributed by atoms with E-state index in [-0.39, 0.29) is 0 Å². The Morgan fingerprint density at radius 2 is 2.33 bits per heavy atom. The van der Waals surface area contributed by atoms with E-state index in [1.807, 2.05) is 43.2 Å². The highest BCUT2D eigenvalue weighted by Crippen LogP contribution is 2.20. The fraction of sp³-hybridized carbons (Fsp3) is 0.200. The lowest BCUT2D eigenvalue weighted by Gasteiger charge is -2.26. The van der Waals surface area contributed by atoms with Crippen molar-refractivity contribution in [1.29, 1.82) is 0 Å². The van der Waals surface area contributed by atoms with Gasteiger partial charge in [-0.15, -0.1) is 0 Å². The van der Waals surface area contributed by atoms with Crippen molar-refractivity contribution in [1.82, 2.24) is 4.90 Å². The lowest BCUT2D eigenvalue weighted by atomic mass is 9.99. The van der Waals surface area contributed by atoms with Gasteiger partial charge >= 0.3 is 0 Å². The standard InChI is InChI=1S/C10H12BN/c1-4-10(11)12-7-5-6-8(2)9(12)3/h4-7H,3H2,1-2H3/b10-4-. The Labute approximate surface area is 75.2 Å². The molecule has 0 aliphatic carbocycles. The molecule has 1 aliphatic rings. The van der Waals surface area contributed by atoms with Crippen LogP contribution in [-0.2, 0) is 0 Å². The SMILES string of the molecule is [B]/C(=C/C)N1C=CC=C(C)C1=C. The molecule has 12 heavy (non-hydrogen) atoms. The van der Waals surface area contributed by atoms with Gasteiger partial charge in [0.05, 0.1) is 0 Å². The highest BCUT2D eigenvalue weighted by Gasteiger charge is 2.09. The predicted octanol–water partition coefficient (Wildman–Crippen LogP) is 2.31. The Morgan fingerprint density at radius 1 is 1.67 bits per heavy atom. The summed E-state index contributed by atoms with van der Waals surface area (Å²) in [4.78, 5) is 1.87. The van der Waals surface area contributed by atoms with Crippen LogP contribution in [0.2, 0.25) is 0 Å². The molecule has 0 N–H and O–H groups in total. The van der Waals surface area contributed by atoms with Crippen LogP contribution in [0.15, 0.2) is 47.9 Å². The van der Waals surface area contributed by atoms with Gasteiger partial charge in [0, 0.05) is 11.9 Å². The monoisotopic (exact) mass is 157 g/mol. The minimum atomic E-state index is 0.712. The zero-order valence-corrected chi connectivity index (χ0v) is 7.54. The summed E-state index contributed by atoms with van der Waals surface area (Å²) in [6.45, 7) is 7.85. The summed E-state index contributed by atoms with van der Waals surface area (Å²) in [5, 5.41) is 0. The molecule has 0 saturated heterocycles. The zero-order chi connectivity index (χ0) is 9.14. The first-order valence-electron chi connectivity index (χ1n) is 3.92. The maximum absolute atomic E-state index is 5.75. The lowest BCUT2D eigenvalue weighted by molar-refractivity contribution is 0.616. The van der Waals surface area contributed by atoms with Crippen LogP contribution in [0.4, 0.5) is 0 Å². The normalized spacial score (nSPS) is 18.2. The summed E-state index contributed by atoms with van der Waals surface area (Å²) >= 11 is 0. The Kier molecular flexibility index (Phi) is 2.59. The number of rotatable bonds is 1. The largest absolute Gasteiger partial charge is 0.332 e. The van der Waals surface area contributed by atoms with Crippen LogP contribution in [0, 0.1) is 0 Å². The Balaban J connectivity index is 2.91. The van der Waals surface area contributed by atoms with Gasteiger partial charge in [0.2, 0.25) is 0 Å². The lowest BCUT2D eigenvalue weighted by Crippen LogP contribution is -2.17. The minimum Gasteiger partial charge on any atom is -0.332 e. The maximum atomic E-state index is 5.75. The van der Waals surface area contributed by atoms with E-state index >= 15 is 0 Å². The molecule has 0 saturated carbocycles. The van der Waals surface area contributed by atoms with Crippen molar-refractivity contribution in [2.24, 2.45) is 0 Å². The summed E-state index contributed by atoms with van der Waals surface area (Å²) in [6.07, 6.45) is 7.74. The molecule has 0 fully saturated rings. The molecule has 2 radical (unpaired) electrons. The molecule has 2 heteroatoms. The molecule has 1 aliphatic heterocycles. The van der Waals surface area contributed by atoms with Gasteiger partial charge in [-0.2, -0.15) is 0 Å². The fourth-order valence-electron chi connectivity index (χ4n) is 1.03. The molecule has 0 amide bonds. The average Bonchev–Trinajstić information content (AvgIpc) is 2.08. The third kappa shape index (κ3) is 1.52. The first-order chi connectivity index (χ1) is 5.66. The molecule has 0 atom stereocenters. The van der Waals surface area contributed by atoms with Crippen LogP contribution in [0.25, 0.3) is 0 Å². The van der Waals surface area contributed by atoms with E-state index in [9.17, 15) is 0 Å². The molecular weight excluding hydrogens is 145 g/mol. The van der Waals surface area contributed by atoms with E-state index in [2.05, 4.69) is 6.58 Å². The molecule has 60 valence electrons. The molecular formula is C10H12BN. The van der Waals surface area contributed by atoms with Crippen LogP contribution in [0.3, 0.4) is 0 Å². The minimum absolute atomic E-state index is 0.712. The van der Waals surface area contributed by atoms with Gasteiger partial charge in [0.25, 0.3) is 0 Å². The van der Waals surface area contributed by atoms with Crippen molar-refractivity contribution in [2.45, 2.75) is 13.8 Å². The van der Waals surface area contributed by atoms with Crippen molar-refractivity contribution in [3.05, 3.63) is 47.9 Å². The molecule has 0 aromatic carbocycles. The smallest absolute Gasteiger partial charge is 0.138 e. The molecule has 0 aromatic heterocycles. The van der Waals surface area contributed by atoms with Gasteiger partial charge in [-0.3, -0.25) is 0 Å². The van der Waals surface area contributed by atoms with Gasteiger partial charge in [0.1, 0.15) is 7.85 Å². The third-order valence-electron chi connectivity index (χ3n) is 1.90. The molecule has 0 spiro atoms. The van der Waals surface area contributed by atoms with Crippen molar-refractivity contribution >= 4 is 7.85 Å². The fourth-order valence-corrected chi connectivity index (χ4v) is 1.03. The highest BCUT2D eigenvalue weighted by molar-refractivity contribution is 6.21. The van der Waals surface area contributed by atoms with Crippen LogP contribution < -0.4 is 0 Å². The second kappa shape index (κ2) is 3.48. The summed E-state index contributed by atoms with van der Waals surface area (Å²) in [7, 11) is 5.75. The summed E-state index contributed by atoms with van der Waals surface area (Å²) in [5.41, 5.74) is 2.79. The first kappa shape index (κ1) is 8.92. The topological polar surface area (TPSA) is 3.24 Å². The Bertz CT molecular complexity index is 284. The van der Waals surface area contributed by atoms with Crippen molar-refractivity contribution in [2.75, 3.05) is 0 Å². The van der Waals surface area contributed by atoms with Crippen molar-refractivity contribution in [3.8, 4) is 0 Å².